The van der Waals surface area contributed by atoms with Crippen LogP contribution in [0.4, 0.5) is 9.18 Å². The summed E-state index contributed by atoms with van der Waals surface area (Å²) in [6, 6.07) is 9.16. The Bertz CT molecular complexity index is 1230. The molecule has 8 nitrogen and oxygen atoms in total. The van der Waals surface area contributed by atoms with Gasteiger partial charge in [-0.05, 0) is 69.2 Å². The highest BCUT2D eigenvalue weighted by Gasteiger charge is 2.43. The van der Waals surface area contributed by atoms with E-state index in [0.717, 1.165) is 22.4 Å². The number of benzene rings is 1. The van der Waals surface area contributed by atoms with Gasteiger partial charge in [0.1, 0.15) is 17.5 Å². The minimum atomic E-state index is -0.770. The predicted octanol–water partition coefficient (Wildman–Crippen LogP) is 4.55. The van der Waals surface area contributed by atoms with E-state index in [2.05, 4.69) is 10.1 Å². The first-order valence-corrected chi connectivity index (χ1v) is 11.4. The van der Waals surface area contributed by atoms with Gasteiger partial charge in [-0.3, -0.25) is 14.6 Å². The van der Waals surface area contributed by atoms with Crippen molar-refractivity contribution in [2.45, 2.75) is 44.8 Å². The number of nitrogens with zero attached hydrogens (tertiary/aromatic N) is 4. The van der Waals surface area contributed by atoms with E-state index in [-0.39, 0.29) is 18.3 Å². The average molecular weight is 481 g/mol. The number of esters is 1. The average Bonchev–Trinajstić information content (AvgIpc) is 3.44. The summed E-state index contributed by atoms with van der Waals surface area (Å²) in [5, 5.41) is 4.57. The van der Waals surface area contributed by atoms with Crippen molar-refractivity contribution in [3.63, 3.8) is 0 Å². The molecule has 2 atom stereocenters. The molecule has 1 aliphatic rings. The van der Waals surface area contributed by atoms with Crippen LogP contribution in [0.5, 0.6) is 0 Å². The standard InChI is InChI=1S/C26H29FN4O4/c1-26(2,3)35-25(33)31-15-17(12-23(31)24(32)34-5)20-14-28-22(16-6-8-18(27)9-7-16)13-19(20)21-10-11-30(4)29-21/h6-11,13-14,17,23H,12,15H2,1-5H3/t17-,23-/m1/s1. The molecule has 0 radical (unpaired) electrons. The van der Waals surface area contributed by atoms with Crippen LogP contribution in [0.1, 0.15) is 38.7 Å². The first-order valence-electron chi connectivity index (χ1n) is 11.4. The molecule has 0 aliphatic carbocycles. The topological polar surface area (TPSA) is 86.5 Å². The van der Waals surface area contributed by atoms with Crippen LogP contribution in [0, 0.1) is 5.82 Å². The summed E-state index contributed by atoms with van der Waals surface area (Å²) in [5.41, 5.74) is 3.16. The third-order valence-electron chi connectivity index (χ3n) is 5.91. The van der Waals surface area contributed by atoms with Crippen LogP contribution in [-0.2, 0) is 21.3 Å². The molecule has 4 rings (SSSR count). The molecule has 0 saturated carbocycles. The molecule has 35 heavy (non-hydrogen) atoms. The minimum Gasteiger partial charge on any atom is -0.467 e. The summed E-state index contributed by atoms with van der Waals surface area (Å²) in [6.45, 7) is 5.61. The highest BCUT2D eigenvalue weighted by molar-refractivity contribution is 5.83. The van der Waals surface area contributed by atoms with E-state index in [0.29, 0.717) is 12.1 Å². The van der Waals surface area contributed by atoms with E-state index in [1.807, 2.05) is 25.4 Å². The molecule has 1 saturated heterocycles. The fourth-order valence-corrected chi connectivity index (χ4v) is 4.29. The first-order chi connectivity index (χ1) is 16.6. The summed E-state index contributed by atoms with van der Waals surface area (Å²) in [4.78, 5) is 31.5. The van der Waals surface area contributed by atoms with Crippen LogP contribution < -0.4 is 0 Å². The molecular weight excluding hydrogens is 451 g/mol. The monoisotopic (exact) mass is 480 g/mol. The number of hydrogen-bond acceptors (Lipinski definition) is 6. The van der Waals surface area contributed by atoms with E-state index >= 15 is 0 Å². The van der Waals surface area contributed by atoms with E-state index in [1.54, 1.807) is 43.8 Å². The number of pyridine rings is 1. The summed E-state index contributed by atoms with van der Waals surface area (Å²) in [7, 11) is 3.14. The molecule has 9 heteroatoms. The van der Waals surface area contributed by atoms with Crippen molar-refractivity contribution >= 4 is 12.1 Å². The van der Waals surface area contributed by atoms with E-state index in [9.17, 15) is 14.0 Å². The van der Waals surface area contributed by atoms with E-state index in [4.69, 9.17) is 9.47 Å². The maximum absolute atomic E-state index is 13.4. The Morgan fingerprint density at radius 3 is 2.43 bits per heavy atom. The number of amides is 1. The smallest absolute Gasteiger partial charge is 0.411 e. The molecule has 2 aromatic heterocycles. The summed E-state index contributed by atoms with van der Waals surface area (Å²) in [6.07, 6.45) is 3.39. The van der Waals surface area contributed by atoms with Crippen molar-refractivity contribution < 1.29 is 23.5 Å². The van der Waals surface area contributed by atoms with Gasteiger partial charge in [0, 0.05) is 43.0 Å². The molecule has 1 aromatic carbocycles. The van der Waals surface area contributed by atoms with Crippen molar-refractivity contribution in [1.29, 1.82) is 0 Å². The Kier molecular flexibility index (Phi) is 6.60. The van der Waals surface area contributed by atoms with Crippen LogP contribution >= 0.6 is 0 Å². The molecule has 0 N–H and O–H groups in total. The van der Waals surface area contributed by atoms with Gasteiger partial charge >= 0.3 is 12.1 Å². The fourth-order valence-electron chi connectivity index (χ4n) is 4.29. The number of likely N-dealkylation sites (tertiary alicyclic amines) is 1. The second-order valence-electron chi connectivity index (χ2n) is 9.64. The summed E-state index contributed by atoms with van der Waals surface area (Å²) in [5.74, 6) is -1.01. The maximum Gasteiger partial charge on any atom is 0.411 e. The van der Waals surface area contributed by atoms with Gasteiger partial charge in [-0.1, -0.05) is 0 Å². The van der Waals surface area contributed by atoms with E-state index < -0.39 is 23.7 Å². The molecule has 1 aliphatic heterocycles. The molecule has 1 amide bonds. The Labute approximate surface area is 203 Å². The molecule has 184 valence electrons. The SMILES string of the molecule is COC(=O)[C@H]1C[C@@H](c2cnc(-c3ccc(F)cc3)cc2-c2ccn(C)n2)CN1C(=O)OC(C)(C)C. The van der Waals surface area contributed by atoms with Gasteiger partial charge in [0.05, 0.1) is 18.5 Å². The van der Waals surface area contributed by atoms with Gasteiger partial charge < -0.3 is 9.47 Å². The number of aryl methyl sites for hydroxylation is 1. The molecular formula is C26H29FN4O4. The van der Waals surface area contributed by atoms with Crippen LogP contribution in [0.2, 0.25) is 0 Å². The number of hydrogen-bond donors (Lipinski definition) is 0. The third-order valence-corrected chi connectivity index (χ3v) is 5.91. The lowest BCUT2D eigenvalue weighted by Gasteiger charge is -2.27. The zero-order valence-electron chi connectivity index (χ0n) is 20.5. The molecule has 3 aromatic rings. The Morgan fingerprint density at radius 1 is 1.11 bits per heavy atom. The molecule has 0 bridgehead atoms. The van der Waals surface area contributed by atoms with Crippen molar-refractivity contribution in [2.75, 3.05) is 13.7 Å². The normalized spacial score (nSPS) is 17.9. The lowest BCUT2D eigenvalue weighted by Crippen LogP contribution is -2.43. The Hall–Kier alpha value is -3.75. The zero-order valence-corrected chi connectivity index (χ0v) is 20.5. The van der Waals surface area contributed by atoms with Gasteiger partial charge in [-0.2, -0.15) is 5.10 Å². The number of methoxy groups -OCH3 is 1. The molecule has 0 spiro atoms. The molecule has 1 fully saturated rings. The largest absolute Gasteiger partial charge is 0.467 e. The Balaban J connectivity index is 1.74. The number of ether oxygens (including phenoxy) is 2. The first kappa shape index (κ1) is 24.4. The molecule has 0 unspecified atom stereocenters. The maximum atomic E-state index is 13.4. The fraction of sp³-hybridized carbons (Fsp3) is 0.385. The van der Waals surface area contributed by atoms with Crippen molar-refractivity contribution in [2.24, 2.45) is 7.05 Å². The lowest BCUT2D eigenvalue weighted by molar-refractivity contribution is -0.145. The van der Waals surface area contributed by atoms with Gasteiger partial charge in [0.15, 0.2) is 0 Å². The van der Waals surface area contributed by atoms with Gasteiger partial charge in [0.2, 0.25) is 0 Å². The highest BCUT2D eigenvalue weighted by atomic mass is 19.1. The van der Waals surface area contributed by atoms with Crippen molar-refractivity contribution in [1.82, 2.24) is 19.7 Å². The third kappa shape index (κ3) is 5.34. The minimum absolute atomic E-state index is 0.196. The highest BCUT2D eigenvalue weighted by Crippen LogP contribution is 2.39. The second-order valence-corrected chi connectivity index (χ2v) is 9.64. The van der Waals surface area contributed by atoms with Crippen LogP contribution in [0.25, 0.3) is 22.5 Å². The quantitative estimate of drug-likeness (QED) is 0.509. The van der Waals surface area contributed by atoms with Crippen molar-refractivity contribution in [3.8, 4) is 22.5 Å². The number of carbonyl (C=O) groups excluding carboxylic acids is 2. The number of rotatable bonds is 4. The van der Waals surface area contributed by atoms with E-state index in [1.165, 1.54) is 24.1 Å². The number of carbonyl (C=O) groups is 2. The van der Waals surface area contributed by atoms with Gasteiger partial charge in [-0.15, -0.1) is 0 Å². The van der Waals surface area contributed by atoms with Crippen molar-refractivity contribution in [3.05, 3.63) is 60.2 Å². The van der Waals surface area contributed by atoms with Crippen LogP contribution in [-0.4, -0.2) is 57.0 Å². The summed E-state index contributed by atoms with van der Waals surface area (Å²) >= 11 is 0. The van der Waals surface area contributed by atoms with Gasteiger partial charge in [0.25, 0.3) is 0 Å². The predicted molar refractivity (Wildman–Crippen MR) is 128 cm³/mol. The Morgan fingerprint density at radius 2 is 1.83 bits per heavy atom. The number of aromatic nitrogens is 3. The lowest BCUT2D eigenvalue weighted by atomic mass is 9.91. The zero-order chi connectivity index (χ0) is 25.3. The number of halogens is 1. The second kappa shape index (κ2) is 9.48. The van der Waals surface area contributed by atoms with Crippen LogP contribution in [0.3, 0.4) is 0 Å². The molecule has 3 heterocycles. The summed E-state index contributed by atoms with van der Waals surface area (Å²) < 4.78 is 25.7. The van der Waals surface area contributed by atoms with Gasteiger partial charge in [-0.25, -0.2) is 14.0 Å². The van der Waals surface area contributed by atoms with Crippen LogP contribution in [0.15, 0.2) is 48.8 Å².